The summed E-state index contributed by atoms with van der Waals surface area (Å²) in [7, 11) is 1.61. The zero-order chi connectivity index (χ0) is 15.0. The van der Waals surface area contributed by atoms with Crippen molar-refractivity contribution in [2.75, 3.05) is 26.9 Å². The number of methoxy groups -OCH3 is 1. The van der Waals surface area contributed by atoms with Gasteiger partial charge in [0.05, 0.1) is 19.1 Å². The van der Waals surface area contributed by atoms with Gasteiger partial charge in [0.25, 0.3) is 0 Å². The third kappa shape index (κ3) is 5.14. The lowest BCUT2D eigenvalue weighted by atomic mass is 10.1. The highest BCUT2D eigenvalue weighted by atomic mass is 19.1. The number of carbonyl (C=O) groups is 1. The molecular formula is C14H21FN2O3. The van der Waals surface area contributed by atoms with E-state index in [4.69, 9.17) is 15.2 Å². The van der Waals surface area contributed by atoms with Gasteiger partial charge >= 0.3 is 0 Å². The Morgan fingerprint density at radius 3 is 2.90 bits per heavy atom. The van der Waals surface area contributed by atoms with Crippen molar-refractivity contribution < 1.29 is 18.7 Å². The fourth-order valence-electron chi connectivity index (χ4n) is 1.54. The molecule has 0 aliphatic rings. The summed E-state index contributed by atoms with van der Waals surface area (Å²) in [5, 5.41) is 3.12. The molecule has 1 rings (SSSR count). The van der Waals surface area contributed by atoms with Crippen molar-refractivity contribution in [2.24, 2.45) is 11.7 Å². The van der Waals surface area contributed by atoms with Gasteiger partial charge in [0, 0.05) is 25.8 Å². The molecule has 1 aromatic carbocycles. The first kappa shape index (κ1) is 16.4. The summed E-state index contributed by atoms with van der Waals surface area (Å²) in [5.41, 5.74) is 5.84. The lowest BCUT2D eigenvalue weighted by molar-refractivity contribution is -0.122. The average Bonchev–Trinajstić information content (AvgIpc) is 2.42. The summed E-state index contributed by atoms with van der Waals surface area (Å²) in [6, 6.07) is 4.71. The van der Waals surface area contributed by atoms with Crippen molar-refractivity contribution in [1.82, 2.24) is 5.32 Å². The number of para-hydroxylation sites is 1. The van der Waals surface area contributed by atoms with Crippen LogP contribution in [0.2, 0.25) is 0 Å². The van der Waals surface area contributed by atoms with Crippen molar-refractivity contribution in [3.8, 4) is 5.75 Å². The molecule has 0 heterocycles. The van der Waals surface area contributed by atoms with E-state index in [1.165, 1.54) is 6.07 Å². The van der Waals surface area contributed by atoms with Crippen molar-refractivity contribution in [1.29, 1.82) is 0 Å². The van der Waals surface area contributed by atoms with E-state index in [1.807, 2.05) is 0 Å². The van der Waals surface area contributed by atoms with Crippen LogP contribution >= 0.6 is 0 Å². The van der Waals surface area contributed by atoms with E-state index in [9.17, 15) is 9.18 Å². The maximum atomic E-state index is 13.8. The van der Waals surface area contributed by atoms with E-state index in [0.29, 0.717) is 25.3 Å². The van der Waals surface area contributed by atoms with Crippen molar-refractivity contribution in [2.45, 2.75) is 13.5 Å². The van der Waals surface area contributed by atoms with Gasteiger partial charge in [-0.3, -0.25) is 4.79 Å². The summed E-state index contributed by atoms with van der Waals surface area (Å²) in [6.45, 7) is 3.39. The molecule has 0 aliphatic carbocycles. The highest BCUT2D eigenvalue weighted by Gasteiger charge is 2.14. The quantitative estimate of drug-likeness (QED) is 0.665. The number of rotatable bonds is 9. The normalized spacial score (nSPS) is 12.2. The van der Waals surface area contributed by atoms with Gasteiger partial charge in [0.15, 0.2) is 11.6 Å². The second-order valence-electron chi connectivity index (χ2n) is 4.51. The first-order valence-corrected chi connectivity index (χ1v) is 6.45. The van der Waals surface area contributed by atoms with Gasteiger partial charge in [0.1, 0.15) is 0 Å². The Labute approximate surface area is 118 Å². The Kier molecular flexibility index (Phi) is 6.97. The van der Waals surface area contributed by atoms with Gasteiger partial charge in [-0.25, -0.2) is 4.39 Å². The second-order valence-corrected chi connectivity index (χ2v) is 4.51. The van der Waals surface area contributed by atoms with Crippen LogP contribution in [0.3, 0.4) is 0 Å². The largest absolute Gasteiger partial charge is 0.489 e. The van der Waals surface area contributed by atoms with E-state index < -0.39 is 17.6 Å². The molecule has 112 valence electrons. The highest BCUT2D eigenvalue weighted by Crippen LogP contribution is 2.23. The first-order chi connectivity index (χ1) is 9.56. The number of hydrogen-bond donors (Lipinski definition) is 2. The number of ether oxygens (including phenoxy) is 2. The SMILES string of the molecule is COCCNCc1cccc(F)c1OCC(C)C(N)=O. The predicted octanol–water partition coefficient (Wildman–Crippen LogP) is 1.06. The lowest BCUT2D eigenvalue weighted by Crippen LogP contribution is -2.26. The zero-order valence-electron chi connectivity index (χ0n) is 11.8. The minimum absolute atomic E-state index is 0.0569. The fraction of sp³-hybridized carbons (Fsp3) is 0.500. The second kappa shape index (κ2) is 8.50. The van der Waals surface area contributed by atoms with Crippen LogP contribution in [0, 0.1) is 11.7 Å². The van der Waals surface area contributed by atoms with E-state index >= 15 is 0 Å². The number of amides is 1. The number of carbonyl (C=O) groups excluding carboxylic acids is 1. The number of primary amides is 1. The Bertz CT molecular complexity index is 440. The third-order valence-electron chi connectivity index (χ3n) is 2.81. The molecule has 20 heavy (non-hydrogen) atoms. The Hall–Kier alpha value is -1.66. The smallest absolute Gasteiger partial charge is 0.223 e. The Morgan fingerprint density at radius 1 is 1.50 bits per heavy atom. The molecule has 1 atom stereocenters. The van der Waals surface area contributed by atoms with E-state index in [0.717, 1.165) is 0 Å². The number of nitrogens with one attached hydrogen (secondary N) is 1. The number of nitrogens with two attached hydrogens (primary N) is 1. The van der Waals surface area contributed by atoms with Crippen LogP contribution in [0.25, 0.3) is 0 Å². The summed E-state index contributed by atoms with van der Waals surface area (Å²) in [4.78, 5) is 11.0. The average molecular weight is 284 g/mol. The fourth-order valence-corrected chi connectivity index (χ4v) is 1.54. The molecule has 1 aromatic rings. The number of halogens is 1. The van der Waals surface area contributed by atoms with Gasteiger partial charge in [0.2, 0.25) is 5.91 Å². The summed E-state index contributed by atoms with van der Waals surface area (Å²) in [5.74, 6) is -1.23. The van der Waals surface area contributed by atoms with Crippen LogP contribution in [0.1, 0.15) is 12.5 Å². The number of hydrogen-bond acceptors (Lipinski definition) is 4. The first-order valence-electron chi connectivity index (χ1n) is 6.45. The molecule has 0 bridgehead atoms. The summed E-state index contributed by atoms with van der Waals surface area (Å²) in [6.07, 6.45) is 0. The van der Waals surface area contributed by atoms with Gasteiger partial charge in [-0.1, -0.05) is 19.1 Å². The molecule has 0 aliphatic heterocycles. The minimum Gasteiger partial charge on any atom is -0.489 e. The van der Waals surface area contributed by atoms with Crippen LogP contribution in [-0.4, -0.2) is 32.8 Å². The highest BCUT2D eigenvalue weighted by molar-refractivity contribution is 5.76. The van der Waals surface area contributed by atoms with Gasteiger partial charge in [-0.15, -0.1) is 0 Å². The molecule has 0 radical (unpaired) electrons. The molecule has 0 aromatic heterocycles. The van der Waals surface area contributed by atoms with E-state index in [2.05, 4.69) is 5.32 Å². The third-order valence-corrected chi connectivity index (χ3v) is 2.81. The minimum atomic E-state index is -0.471. The van der Waals surface area contributed by atoms with E-state index in [-0.39, 0.29) is 12.4 Å². The standard InChI is InChI=1S/C14H21FN2O3/c1-10(14(16)18)9-20-13-11(4-3-5-12(13)15)8-17-6-7-19-2/h3-5,10,17H,6-9H2,1-2H3,(H2,16,18). The van der Waals surface area contributed by atoms with E-state index in [1.54, 1.807) is 26.2 Å². The molecule has 5 nitrogen and oxygen atoms in total. The van der Waals surface area contributed by atoms with Crippen molar-refractivity contribution in [3.63, 3.8) is 0 Å². The molecule has 3 N–H and O–H groups in total. The van der Waals surface area contributed by atoms with Crippen LogP contribution in [-0.2, 0) is 16.1 Å². The Balaban J connectivity index is 2.65. The number of benzene rings is 1. The van der Waals surface area contributed by atoms with Crippen molar-refractivity contribution >= 4 is 5.91 Å². The summed E-state index contributed by atoms with van der Waals surface area (Å²) >= 11 is 0. The van der Waals surface area contributed by atoms with Crippen LogP contribution < -0.4 is 15.8 Å². The van der Waals surface area contributed by atoms with Gasteiger partial charge in [-0.2, -0.15) is 0 Å². The molecule has 0 saturated carbocycles. The topological polar surface area (TPSA) is 73.6 Å². The molecule has 0 spiro atoms. The lowest BCUT2D eigenvalue weighted by Gasteiger charge is -2.15. The molecule has 1 amide bonds. The Morgan fingerprint density at radius 2 is 2.25 bits per heavy atom. The van der Waals surface area contributed by atoms with Crippen LogP contribution in [0.5, 0.6) is 5.75 Å². The maximum Gasteiger partial charge on any atom is 0.223 e. The van der Waals surface area contributed by atoms with Crippen LogP contribution in [0.4, 0.5) is 4.39 Å². The zero-order valence-corrected chi connectivity index (χ0v) is 11.8. The molecule has 1 unspecified atom stereocenters. The molecule has 0 fully saturated rings. The maximum absolute atomic E-state index is 13.8. The molecule has 6 heteroatoms. The van der Waals surface area contributed by atoms with Crippen LogP contribution in [0.15, 0.2) is 18.2 Å². The van der Waals surface area contributed by atoms with Crippen molar-refractivity contribution in [3.05, 3.63) is 29.6 Å². The van der Waals surface area contributed by atoms with Gasteiger partial charge < -0.3 is 20.5 Å². The van der Waals surface area contributed by atoms with Gasteiger partial charge in [-0.05, 0) is 6.07 Å². The molecular weight excluding hydrogens is 263 g/mol. The summed E-state index contributed by atoms with van der Waals surface area (Å²) < 4.78 is 24.1. The predicted molar refractivity (Wildman–Crippen MR) is 73.8 cm³/mol. The monoisotopic (exact) mass is 284 g/mol. The molecule has 0 saturated heterocycles.